The molecule has 7 nitrogen and oxygen atoms in total. The van der Waals surface area contributed by atoms with Crippen LogP contribution in [-0.2, 0) is 11.2 Å². The SMILES string of the molecule is CN=C(NCCCOCC(C)C)NCCCc1nc(C)no1.I. The molecule has 0 spiro atoms. The van der Waals surface area contributed by atoms with Gasteiger partial charge in [0.15, 0.2) is 11.8 Å². The number of guanidine groups is 1. The summed E-state index contributed by atoms with van der Waals surface area (Å²) in [5, 5.41) is 10.3. The van der Waals surface area contributed by atoms with Crippen molar-refractivity contribution < 1.29 is 9.26 Å². The second kappa shape index (κ2) is 13.5. The van der Waals surface area contributed by atoms with E-state index in [9.17, 15) is 0 Å². The molecule has 0 saturated carbocycles. The Morgan fingerprint density at radius 2 is 1.96 bits per heavy atom. The van der Waals surface area contributed by atoms with Crippen LogP contribution in [0.25, 0.3) is 0 Å². The summed E-state index contributed by atoms with van der Waals surface area (Å²) in [5.74, 6) is 2.76. The molecule has 0 radical (unpaired) electrons. The number of nitrogens with zero attached hydrogens (tertiary/aromatic N) is 3. The highest BCUT2D eigenvalue weighted by molar-refractivity contribution is 14.0. The van der Waals surface area contributed by atoms with E-state index in [1.807, 2.05) is 6.92 Å². The maximum atomic E-state index is 5.54. The largest absolute Gasteiger partial charge is 0.381 e. The maximum Gasteiger partial charge on any atom is 0.226 e. The molecule has 0 atom stereocenters. The van der Waals surface area contributed by atoms with Crippen molar-refractivity contribution in [2.75, 3.05) is 33.4 Å². The Bertz CT molecular complexity index is 437. The minimum absolute atomic E-state index is 0. The van der Waals surface area contributed by atoms with Crippen molar-refractivity contribution in [2.24, 2.45) is 10.9 Å². The molecule has 1 aromatic rings. The van der Waals surface area contributed by atoms with E-state index in [1.54, 1.807) is 7.05 Å². The van der Waals surface area contributed by atoms with Crippen LogP contribution in [0.3, 0.4) is 0 Å². The second-order valence-corrected chi connectivity index (χ2v) is 5.59. The van der Waals surface area contributed by atoms with E-state index in [4.69, 9.17) is 9.26 Å². The maximum absolute atomic E-state index is 5.54. The topological polar surface area (TPSA) is 84.6 Å². The molecule has 0 aliphatic heterocycles. The van der Waals surface area contributed by atoms with Crippen LogP contribution in [0.4, 0.5) is 0 Å². The van der Waals surface area contributed by atoms with Crippen LogP contribution in [0.5, 0.6) is 0 Å². The molecular formula is C15H30IN5O2. The smallest absolute Gasteiger partial charge is 0.226 e. The average molecular weight is 439 g/mol. The third kappa shape index (κ3) is 11.3. The minimum atomic E-state index is 0. The molecule has 0 unspecified atom stereocenters. The fourth-order valence-electron chi connectivity index (χ4n) is 1.81. The van der Waals surface area contributed by atoms with Gasteiger partial charge in [-0.3, -0.25) is 4.99 Å². The van der Waals surface area contributed by atoms with Gasteiger partial charge in [-0.05, 0) is 25.7 Å². The van der Waals surface area contributed by atoms with Gasteiger partial charge >= 0.3 is 0 Å². The van der Waals surface area contributed by atoms with Crippen LogP contribution in [0.15, 0.2) is 9.52 Å². The van der Waals surface area contributed by atoms with Gasteiger partial charge < -0.3 is 19.9 Å². The first-order chi connectivity index (χ1) is 10.6. The minimum Gasteiger partial charge on any atom is -0.381 e. The van der Waals surface area contributed by atoms with Gasteiger partial charge in [-0.25, -0.2) is 0 Å². The van der Waals surface area contributed by atoms with Gasteiger partial charge in [0.2, 0.25) is 5.89 Å². The van der Waals surface area contributed by atoms with Crippen molar-refractivity contribution in [3.05, 3.63) is 11.7 Å². The Morgan fingerprint density at radius 3 is 2.52 bits per heavy atom. The molecule has 1 rings (SSSR count). The van der Waals surface area contributed by atoms with Gasteiger partial charge in [0.25, 0.3) is 0 Å². The number of halogens is 1. The number of ether oxygens (including phenoxy) is 1. The fourth-order valence-corrected chi connectivity index (χ4v) is 1.81. The van der Waals surface area contributed by atoms with Gasteiger partial charge in [0.1, 0.15) is 0 Å². The Balaban J connectivity index is 0.00000484. The lowest BCUT2D eigenvalue weighted by Crippen LogP contribution is -2.38. The lowest BCUT2D eigenvalue weighted by Gasteiger charge is -2.12. The zero-order valence-corrected chi connectivity index (χ0v) is 16.9. The zero-order valence-electron chi connectivity index (χ0n) is 14.6. The molecule has 0 amide bonds. The van der Waals surface area contributed by atoms with Crippen LogP contribution in [-0.4, -0.2) is 49.5 Å². The number of hydrogen-bond acceptors (Lipinski definition) is 5. The highest BCUT2D eigenvalue weighted by atomic mass is 127. The molecule has 0 aliphatic rings. The van der Waals surface area contributed by atoms with Crippen molar-refractivity contribution in [2.45, 2.75) is 40.0 Å². The molecule has 0 saturated heterocycles. The quantitative estimate of drug-likeness (QED) is 0.252. The molecule has 0 aromatic carbocycles. The van der Waals surface area contributed by atoms with E-state index < -0.39 is 0 Å². The number of nitrogens with one attached hydrogen (secondary N) is 2. The van der Waals surface area contributed by atoms with Crippen LogP contribution in [0, 0.1) is 12.8 Å². The van der Waals surface area contributed by atoms with Crippen LogP contribution in [0.1, 0.15) is 38.4 Å². The third-order valence-electron chi connectivity index (χ3n) is 2.86. The molecule has 0 bridgehead atoms. The normalized spacial score (nSPS) is 11.4. The fraction of sp³-hybridized carbons (Fsp3) is 0.800. The van der Waals surface area contributed by atoms with E-state index in [1.165, 1.54) is 0 Å². The van der Waals surface area contributed by atoms with Gasteiger partial charge in [0.05, 0.1) is 0 Å². The lowest BCUT2D eigenvalue weighted by atomic mass is 10.2. The Morgan fingerprint density at radius 1 is 1.26 bits per heavy atom. The van der Waals surface area contributed by atoms with Gasteiger partial charge in [0, 0.05) is 39.8 Å². The number of aryl methyl sites for hydroxylation is 2. The summed E-state index contributed by atoms with van der Waals surface area (Å²) in [7, 11) is 1.77. The molecule has 0 fully saturated rings. The highest BCUT2D eigenvalue weighted by Crippen LogP contribution is 1.99. The second-order valence-electron chi connectivity index (χ2n) is 5.59. The van der Waals surface area contributed by atoms with Crippen molar-refractivity contribution in [1.82, 2.24) is 20.8 Å². The van der Waals surface area contributed by atoms with E-state index in [0.29, 0.717) is 17.6 Å². The summed E-state index contributed by atoms with van der Waals surface area (Å²) in [5.41, 5.74) is 0. The molecule has 8 heteroatoms. The summed E-state index contributed by atoms with van der Waals surface area (Å²) in [6, 6.07) is 0. The third-order valence-corrected chi connectivity index (χ3v) is 2.86. The van der Waals surface area contributed by atoms with E-state index in [2.05, 4.69) is 39.6 Å². The van der Waals surface area contributed by atoms with Gasteiger partial charge in [-0.2, -0.15) is 4.98 Å². The monoisotopic (exact) mass is 439 g/mol. The zero-order chi connectivity index (χ0) is 16.2. The summed E-state index contributed by atoms with van der Waals surface area (Å²) >= 11 is 0. The van der Waals surface area contributed by atoms with Gasteiger partial charge in [-0.15, -0.1) is 24.0 Å². The lowest BCUT2D eigenvalue weighted by molar-refractivity contribution is 0.108. The number of aliphatic imine (C=N–C) groups is 1. The Kier molecular flexibility index (Phi) is 13.0. The number of hydrogen-bond donors (Lipinski definition) is 2. The molecule has 0 aliphatic carbocycles. The summed E-state index contributed by atoms with van der Waals surface area (Å²) < 4.78 is 10.6. The first-order valence-electron chi connectivity index (χ1n) is 7.93. The van der Waals surface area contributed by atoms with E-state index in [0.717, 1.165) is 51.5 Å². The number of rotatable bonds is 10. The first kappa shape index (κ1) is 22.1. The Labute approximate surface area is 156 Å². The Hall–Kier alpha value is -0.900. The predicted octanol–water partition coefficient (Wildman–Crippen LogP) is 2.16. The standard InChI is InChI=1S/C15H29N5O2.HI/c1-12(2)11-21-10-6-9-18-15(16-4)17-8-5-7-14-19-13(3)20-22-14;/h12H,5-11H2,1-4H3,(H2,16,17,18);1H. The van der Waals surface area contributed by atoms with E-state index in [-0.39, 0.29) is 24.0 Å². The van der Waals surface area contributed by atoms with Crippen molar-refractivity contribution >= 4 is 29.9 Å². The molecule has 1 aromatic heterocycles. The van der Waals surface area contributed by atoms with Crippen molar-refractivity contribution in [3.8, 4) is 0 Å². The summed E-state index contributed by atoms with van der Waals surface area (Å²) in [6.45, 7) is 9.38. The van der Waals surface area contributed by atoms with Crippen LogP contribution >= 0.6 is 24.0 Å². The summed E-state index contributed by atoms with van der Waals surface area (Å²) in [6.07, 6.45) is 2.66. The van der Waals surface area contributed by atoms with Crippen molar-refractivity contribution in [1.29, 1.82) is 0 Å². The molecule has 2 N–H and O–H groups in total. The van der Waals surface area contributed by atoms with E-state index >= 15 is 0 Å². The number of aromatic nitrogens is 2. The molecule has 1 heterocycles. The van der Waals surface area contributed by atoms with Crippen LogP contribution < -0.4 is 10.6 Å². The predicted molar refractivity (Wildman–Crippen MR) is 102 cm³/mol. The average Bonchev–Trinajstić information content (AvgIpc) is 2.90. The summed E-state index contributed by atoms with van der Waals surface area (Å²) in [4.78, 5) is 8.36. The van der Waals surface area contributed by atoms with Gasteiger partial charge in [-0.1, -0.05) is 19.0 Å². The molecule has 23 heavy (non-hydrogen) atoms. The van der Waals surface area contributed by atoms with Crippen LogP contribution in [0.2, 0.25) is 0 Å². The van der Waals surface area contributed by atoms with Crippen molar-refractivity contribution in [3.63, 3.8) is 0 Å². The first-order valence-corrected chi connectivity index (χ1v) is 7.93. The molecular weight excluding hydrogens is 409 g/mol. The molecule has 134 valence electrons. The highest BCUT2D eigenvalue weighted by Gasteiger charge is 2.02.